The summed E-state index contributed by atoms with van der Waals surface area (Å²) in [4.78, 5) is 4.92. The van der Waals surface area contributed by atoms with E-state index in [9.17, 15) is 0 Å². The van der Waals surface area contributed by atoms with Gasteiger partial charge in [-0.1, -0.05) is 26.7 Å². The summed E-state index contributed by atoms with van der Waals surface area (Å²) >= 11 is 0. The molecular formula is C18H23N3. The maximum atomic E-state index is 9.08. The van der Waals surface area contributed by atoms with Gasteiger partial charge in [-0.2, -0.15) is 5.26 Å². The second kappa shape index (κ2) is 5.89. The van der Waals surface area contributed by atoms with Gasteiger partial charge in [-0.3, -0.25) is 0 Å². The van der Waals surface area contributed by atoms with Gasteiger partial charge >= 0.3 is 0 Å². The average Bonchev–Trinajstić information content (AvgIpc) is 3.28. The number of hydrogen-bond donors (Lipinski definition) is 0. The first-order chi connectivity index (χ1) is 10.3. The highest BCUT2D eigenvalue weighted by atomic mass is 15.1. The number of benzene rings is 1. The topological polar surface area (TPSA) is 41.6 Å². The highest BCUT2D eigenvalue weighted by molar-refractivity contribution is 5.78. The minimum Gasteiger partial charge on any atom is -0.325 e. The normalized spacial score (nSPS) is 16.0. The van der Waals surface area contributed by atoms with Gasteiger partial charge in [0.05, 0.1) is 22.7 Å². The van der Waals surface area contributed by atoms with Gasteiger partial charge in [0.1, 0.15) is 5.82 Å². The Labute approximate surface area is 126 Å². The molecule has 1 aliphatic carbocycles. The summed E-state index contributed by atoms with van der Waals surface area (Å²) in [6.07, 6.45) is 7.38. The molecule has 1 atom stereocenters. The molecule has 3 heteroatoms. The largest absolute Gasteiger partial charge is 0.325 e. The first-order valence-corrected chi connectivity index (χ1v) is 8.20. The SMILES string of the molecule is CCCCC(CC)c1nc2cc(C#N)ccc2n1C1CC1. The third kappa shape index (κ3) is 2.68. The van der Waals surface area contributed by atoms with Gasteiger partial charge in [0.15, 0.2) is 0 Å². The van der Waals surface area contributed by atoms with E-state index in [-0.39, 0.29) is 0 Å². The fourth-order valence-electron chi connectivity index (χ4n) is 3.16. The molecule has 0 bridgehead atoms. The highest BCUT2D eigenvalue weighted by Gasteiger charge is 2.30. The summed E-state index contributed by atoms with van der Waals surface area (Å²) < 4.78 is 2.46. The summed E-state index contributed by atoms with van der Waals surface area (Å²) in [5.74, 6) is 1.79. The van der Waals surface area contributed by atoms with E-state index in [1.807, 2.05) is 12.1 Å². The Kier molecular flexibility index (Phi) is 3.96. The lowest BCUT2D eigenvalue weighted by Gasteiger charge is -2.16. The van der Waals surface area contributed by atoms with Crippen LogP contribution < -0.4 is 0 Å². The van der Waals surface area contributed by atoms with E-state index in [0.29, 0.717) is 17.5 Å². The average molecular weight is 281 g/mol. The Hall–Kier alpha value is -1.82. The second-order valence-electron chi connectivity index (χ2n) is 6.13. The number of nitriles is 1. The lowest BCUT2D eigenvalue weighted by atomic mass is 9.98. The molecule has 1 aromatic heterocycles. The number of unbranched alkanes of at least 4 members (excludes halogenated alkanes) is 1. The van der Waals surface area contributed by atoms with E-state index >= 15 is 0 Å². The van der Waals surface area contributed by atoms with E-state index in [2.05, 4.69) is 30.6 Å². The van der Waals surface area contributed by atoms with E-state index in [0.717, 1.165) is 11.9 Å². The van der Waals surface area contributed by atoms with Crippen molar-refractivity contribution in [2.45, 2.75) is 64.3 Å². The Morgan fingerprint density at radius 2 is 2.19 bits per heavy atom. The van der Waals surface area contributed by atoms with E-state index < -0.39 is 0 Å². The van der Waals surface area contributed by atoms with E-state index in [4.69, 9.17) is 10.2 Å². The monoisotopic (exact) mass is 281 g/mol. The molecule has 1 aliphatic rings. The van der Waals surface area contributed by atoms with Gasteiger partial charge in [-0.25, -0.2) is 4.98 Å². The van der Waals surface area contributed by atoms with Crippen molar-refractivity contribution in [3.8, 4) is 6.07 Å². The Morgan fingerprint density at radius 1 is 1.38 bits per heavy atom. The predicted molar refractivity (Wildman–Crippen MR) is 85.3 cm³/mol. The number of hydrogen-bond acceptors (Lipinski definition) is 2. The van der Waals surface area contributed by atoms with Crippen molar-refractivity contribution in [3.05, 3.63) is 29.6 Å². The number of nitrogens with zero attached hydrogens (tertiary/aromatic N) is 3. The fraction of sp³-hybridized carbons (Fsp3) is 0.556. The standard InChI is InChI=1S/C18H23N3/c1-3-5-6-14(4-2)18-20-16-11-13(12-19)7-10-17(16)21(18)15-8-9-15/h7,10-11,14-15H,3-6,8-9H2,1-2H3. The van der Waals surface area contributed by atoms with Gasteiger partial charge in [0.25, 0.3) is 0 Å². The first-order valence-electron chi connectivity index (χ1n) is 8.20. The van der Waals surface area contributed by atoms with Crippen molar-refractivity contribution >= 4 is 11.0 Å². The number of aromatic nitrogens is 2. The van der Waals surface area contributed by atoms with Gasteiger partial charge in [0.2, 0.25) is 0 Å². The van der Waals surface area contributed by atoms with Gasteiger partial charge in [0, 0.05) is 12.0 Å². The van der Waals surface area contributed by atoms with Crippen molar-refractivity contribution in [2.75, 3.05) is 0 Å². The van der Waals surface area contributed by atoms with Gasteiger partial charge in [-0.05, 0) is 43.9 Å². The molecule has 2 aromatic rings. The van der Waals surface area contributed by atoms with Gasteiger partial charge < -0.3 is 4.57 Å². The van der Waals surface area contributed by atoms with Crippen molar-refractivity contribution in [1.82, 2.24) is 9.55 Å². The summed E-state index contributed by atoms with van der Waals surface area (Å²) in [7, 11) is 0. The molecule has 0 aliphatic heterocycles. The predicted octanol–water partition coefficient (Wildman–Crippen LogP) is 4.93. The van der Waals surface area contributed by atoms with Crippen molar-refractivity contribution in [1.29, 1.82) is 5.26 Å². The van der Waals surface area contributed by atoms with Crippen LogP contribution in [0, 0.1) is 11.3 Å². The number of rotatable bonds is 6. The number of imidazole rings is 1. The fourth-order valence-corrected chi connectivity index (χ4v) is 3.16. The molecule has 0 saturated heterocycles. The zero-order chi connectivity index (χ0) is 14.8. The van der Waals surface area contributed by atoms with Crippen LogP contribution in [0.25, 0.3) is 11.0 Å². The summed E-state index contributed by atoms with van der Waals surface area (Å²) in [6.45, 7) is 4.51. The van der Waals surface area contributed by atoms with Crippen molar-refractivity contribution < 1.29 is 0 Å². The minimum atomic E-state index is 0.545. The zero-order valence-corrected chi connectivity index (χ0v) is 13.0. The Morgan fingerprint density at radius 3 is 2.81 bits per heavy atom. The van der Waals surface area contributed by atoms with E-state index in [1.165, 1.54) is 43.4 Å². The molecule has 3 nitrogen and oxygen atoms in total. The highest BCUT2D eigenvalue weighted by Crippen LogP contribution is 2.41. The lowest BCUT2D eigenvalue weighted by molar-refractivity contribution is 0.517. The third-order valence-corrected chi connectivity index (χ3v) is 4.52. The Balaban J connectivity index is 2.07. The molecule has 1 fully saturated rings. The van der Waals surface area contributed by atoms with Crippen LogP contribution in [0.5, 0.6) is 0 Å². The van der Waals surface area contributed by atoms with Gasteiger partial charge in [-0.15, -0.1) is 0 Å². The first kappa shape index (κ1) is 14.1. The molecule has 1 saturated carbocycles. The lowest BCUT2D eigenvalue weighted by Crippen LogP contribution is -2.08. The molecular weight excluding hydrogens is 258 g/mol. The van der Waals surface area contributed by atoms with Crippen LogP contribution in [0.3, 0.4) is 0 Å². The summed E-state index contributed by atoms with van der Waals surface area (Å²) in [6, 6.07) is 8.78. The molecule has 1 heterocycles. The molecule has 0 amide bonds. The minimum absolute atomic E-state index is 0.545. The molecule has 1 unspecified atom stereocenters. The molecule has 3 rings (SSSR count). The van der Waals surface area contributed by atoms with Crippen LogP contribution in [-0.2, 0) is 0 Å². The zero-order valence-electron chi connectivity index (χ0n) is 13.0. The molecule has 21 heavy (non-hydrogen) atoms. The molecule has 110 valence electrons. The molecule has 0 spiro atoms. The molecule has 0 N–H and O–H groups in total. The quantitative estimate of drug-likeness (QED) is 0.753. The summed E-state index contributed by atoms with van der Waals surface area (Å²) in [5, 5.41) is 9.08. The maximum Gasteiger partial charge on any atom is 0.113 e. The van der Waals surface area contributed by atoms with Crippen molar-refractivity contribution in [3.63, 3.8) is 0 Å². The molecule has 0 radical (unpaired) electrons. The Bertz CT molecular complexity index is 674. The third-order valence-electron chi connectivity index (χ3n) is 4.52. The molecule has 1 aromatic carbocycles. The van der Waals surface area contributed by atoms with Crippen LogP contribution >= 0.6 is 0 Å². The summed E-state index contributed by atoms with van der Waals surface area (Å²) in [5.41, 5.74) is 2.91. The van der Waals surface area contributed by atoms with Crippen LogP contribution in [-0.4, -0.2) is 9.55 Å². The van der Waals surface area contributed by atoms with Crippen LogP contribution in [0.15, 0.2) is 18.2 Å². The van der Waals surface area contributed by atoms with Crippen LogP contribution in [0.2, 0.25) is 0 Å². The second-order valence-corrected chi connectivity index (χ2v) is 6.13. The van der Waals surface area contributed by atoms with E-state index in [1.54, 1.807) is 0 Å². The van der Waals surface area contributed by atoms with Crippen LogP contribution in [0.4, 0.5) is 0 Å². The van der Waals surface area contributed by atoms with Crippen LogP contribution in [0.1, 0.15) is 75.7 Å². The van der Waals surface area contributed by atoms with Crippen molar-refractivity contribution in [2.24, 2.45) is 0 Å². The smallest absolute Gasteiger partial charge is 0.113 e. The maximum absolute atomic E-state index is 9.08. The number of fused-ring (bicyclic) bond motifs is 1.